The summed E-state index contributed by atoms with van der Waals surface area (Å²) in [5, 5.41) is 19.7. The first-order chi connectivity index (χ1) is 14.6. The van der Waals surface area contributed by atoms with Gasteiger partial charge in [0.2, 0.25) is 0 Å². The molecule has 0 unspecified atom stereocenters. The van der Waals surface area contributed by atoms with Gasteiger partial charge in [0.05, 0.1) is 0 Å². The van der Waals surface area contributed by atoms with Crippen molar-refractivity contribution >= 4 is 11.1 Å². The summed E-state index contributed by atoms with van der Waals surface area (Å²) in [4.78, 5) is 0. The molecular weight excluding hydrogens is 368 g/mol. The SMILES string of the molecule is C=C\C(O)=C/C=C\C=C(\c1ccccc1)c1ccc(O)cc1C(=C)c1ccccc1. The highest BCUT2D eigenvalue weighted by Gasteiger charge is 2.14. The first-order valence-electron chi connectivity index (χ1n) is 9.63. The van der Waals surface area contributed by atoms with Crippen LogP contribution in [-0.4, -0.2) is 10.2 Å². The second-order valence-corrected chi connectivity index (χ2v) is 6.70. The van der Waals surface area contributed by atoms with Crippen LogP contribution in [0.15, 0.2) is 128 Å². The molecule has 0 atom stereocenters. The predicted molar refractivity (Wildman–Crippen MR) is 126 cm³/mol. The average molecular weight is 392 g/mol. The van der Waals surface area contributed by atoms with Gasteiger partial charge in [0.1, 0.15) is 11.5 Å². The minimum atomic E-state index is 0.101. The van der Waals surface area contributed by atoms with Crippen molar-refractivity contribution in [2.24, 2.45) is 0 Å². The van der Waals surface area contributed by atoms with E-state index in [1.807, 2.05) is 78.9 Å². The zero-order valence-corrected chi connectivity index (χ0v) is 16.7. The van der Waals surface area contributed by atoms with Crippen molar-refractivity contribution in [3.8, 4) is 5.75 Å². The Bertz CT molecular complexity index is 1120. The molecule has 0 aliphatic carbocycles. The summed E-state index contributed by atoms with van der Waals surface area (Å²) in [5.74, 6) is 0.288. The van der Waals surface area contributed by atoms with Gasteiger partial charge in [-0.15, -0.1) is 0 Å². The molecule has 3 aromatic carbocycles. The molecule has 0 amide bonds. The Kier molecular flexibility index (Phi) is 6.86. The average Bonchev–Trinajstić information content (AvgIpc) is 2.80. The minimum absolute atomic E-state index is 0.101. The molecular formula is C28H24O2. The Labute approximate surface area is 177 Å². The minimum Gasteiger partial charge on any atom is -0.508 e. The van der Waals surface area contributed by atoms with Crippen LogP contribution in [0.5, 0.6) is 5.75 Å². The highest BCUT2D eigenvalue weighted by Crippen LogP contribution is 2.34. The monoisotopic (exact) mass is 392 g/mol. The van der Waals surface area contributed by atoms with E-state index in [-0.39, 0.29) is 11.5 Å². The topological polar surface area (TPSA) is 40.5 Å². The van der Waals surface area contributed by atoms with Crippen LogP contribution in [0.3, 0.4) is 0 Å². The number of benzene rings is 3. The molecule has 0 aromatic heterocycles. The number of rotatable bonds is 7. The molecule has 148 valence electrons. The summed E-state index contributed by atoms with van der Waals surface area (Å²) in [5.41, 5.74) is 5.64. The molecule has 0 bridgehead atoms. The number of aliphatic hydroxyl groups is 1. The second-order valence-electron chi connectivity index (χ2n) is 6.70. The summed E-state index contributed by atoms with van der Waals surface area (Å²) in [6.45, 7) is 7.83. The van der Waals surface area contributed by atoms with Crippen molar-refractivity contribution in [2.45, 2.75) is 0 Å². The molecule has 2 heteroatoms. The lowest BCUT2D eigenvalue weighted by Gasteiger charge is -2.16. The molecule has 0 spiro atoms. The molecule has 3 rings (SSSR count). The maximum atomic E-state index is 10.2. The van der Waals surface area contributed by atoms with Crippen LogP contribution in [0, 0.1) is 0 Å². The number of hydrogen-bond donors (Lipinski definition) is 2. The molecule has 0 radical (unpaired) electrons. The molecule has 3 aromatic rings. The number of aromatic hydroxyl groups is 1. The van der Waals surface area contributed by atoms with Crippen molar-refractivity contribution in [3.05, 3.63) is 150 Å². The lowest BCUT2D eigenvalue weighted by atomic mass is 9.88. The smallest absolute Gasteiger partial charge is 0.116 e. The van der Waals surface area contributed by atoms with Crippen LogP contribution in [0.25, 0.3) is 11.1 Å². The zero-order valence-electron chi connectivity index (χ0n) is 16.7. The first-order valence-corrected chi connectivity index (χ1v) is 9.63. The van der Waals surface area contributed by atoms with Crippen LogP contribution in [0.1, 0.15) is 22.3 Å². The van der Waals surface area contributed by atoms with E-state index >= 15 is 0 Å². The van der Waals surface area contributed by atoms with Gasteiger partial charge in [-0.05, 0) is 57.7 Å². The standard InChI is InChI=1S/C28H24O2/c1-3-24(29)16-10-11-17-26(23-14-8-5-9-15-23)27-19-18-25(30)20-28(27)21(2)22-12-6-4-7-13-22/h3-20,29-30H,1-2H2/b11-10-,24-16+,26-17-. The van der Waals surface area contributed by atoms with E-state index < -0.39 is 0 Å². The number of aliphatic hydroxyl groups excluding tert-OH is 1. The Morgan fingerprint density at radius 1 is 0.733 bits per heavy atom. The van der Waals surface area contributed by atoms with Crippen LogP contribution in [-0.2, 0) is 0 Å². The fourth-order valence-electron chi connectivity index (χ4n) is 3.14. The van der Waals surface area contributed by atoms with Gasteiger partial charge in [0, 0.05) is 0 Å². The Balaban J connectivity index is 2.14. The van der Waals surface area contributed by atoms with Gasteiger partial charge in [-0.3, -0.25) is 0 Å². The van der Waals surface area contributed by atoms with E-state index in [1.54, 1.807) is 24.3 Å². The number of phenolic OH excluding ortho intramolecular Hbond substituents is 1. The first kappa shape index (κ1) is 20.7. The van der Waals surface area contributed by atoms with E-state index in [4.69, 9.17) is 0 Å². The Morgan fingerprint density at radius 2 is 1.33 bits per heavy atom. The fraction of sp³-hybridized carbons (Fsp3) is 0. The molecule has 2 nitrogen and oxygen atoms in total. The maximum Gasteiger partial charge on any atom is 0.116 e. The Hall–Kier alpha value is -4.04. The van der Waals surface area contributed by atoms with Gasteiger partial charge >= 0.3 is 0 Å². The number of hydrogen-bond acceptors (Lipinski definition) is 2. The molecule has 2 N–H and O–H groups in total. The van der Waals surface area contributed by atoms with Gasteiger partial charge in [0.25, 0.3) is 0 Å². The summed E-state index contributed by atoms with van der Waals surface area (Å²) in [6, 6.07) is 25.3. The van der Waals surface area contributed by atoms with Gasteiger partial charge in [-0.2, -0.15) is 0 Å². The third-order valence-electron chi connectivity index (χ3n) is 4.68. The van der Waals surface area contributed by atoms with Crippen LogP contribution >= 0.6 is 0 Å². The van der Waals surface area contributed by atoms with Gasteiger partial charge in [0.15, 0.2) is 0 Å². The van der Waals surface area contributed by atoms with Crippen molar-refractivity contribution in [1.82, 2.24) is 0 Å². The fourth-order valence-corrected chi connectivity index (χ4v) is 3.14. The van der Waals surface area contributed by atoms with Gasteiger partial charge in [-0.1, -0.05) is 98.1 Å². The van der Waals surface area contributed by atoms with E-state index in [0.29, 0.717) is 0 Å². The van der Waals surface area contributed by atoms with Gasteiger partial charge in [-0.25, -0.2) is 0 Å². The highest BCUT2D eigenvalue weighted by molar-refractivity contribution is 5.91. The summed E-state index contributed by atoms with van der Waals surface area (Å²) in [6.07, 6.45) is 8.56. The summed E-state index contributed by atoms with van der Waals surface area (Å²) >= 11 is 0. The second kappa shape index (κ2) is 9.94. The summed E-state index contributed by atoms with van der Waals surface area (Å²) < 4.78 is 0. The molecule has 0 heterocycles. The molecule has 30 heavy (non-hydrogen) atoms. The third kappa shape index (κ3) is 5.06. The lowest BCUT2D eigenvalue weighted by molar-refractivity contribution is 0.433. The quantitative estimate of drug-likeness (QED) is 0.333. The van der Waals surface area contributed by atoms with E-state index in [2.05, 4.69) is 13.2 Å². The Morgan fingerprint density at radius 3 is 1.97 bits per heavy atom. The number of phenols is 1. The van der Waals surface area contributed by atoms with E-state index in [0.717, 1.165) is 33.4 Å². The predicted octanol–water partition coefficient (Wildman–Crippen LogP) is 7.07. The zero-order chi connectivity index (χ0) is 21.3. The molecule has 0 saturated carbocycles. The van der Waals surface area contributed by atoms with Crippen LogP contribution < -0.4 is 0 Å². The van der Waals surface area contributed by atoms with Crippen LogP contribution in [0.4, 0.5) is 0 Å². The van der Waals surface area contributed by atoms with Gasteiger partial charge < -0.3 is 10.2 Å². The maximum absolute atomic E-state index is 10.2. The van der Waals surface area contributed by atoms with E-state index in [1.165, 1.54) is 6.08 Å². The number of allylic oxidation sites excluding steroid dienone is 5. The molecule has 0 fully saturated rings. The summed E-state index contributed by atoms with van der Waals surface area (Å²) in [7, 11) is 0. The largest absolute Gasteiger partial charge is 0.508 e. The molecule has 0 aliphatic heterocycles. The molecule has 0 saturated heterocycles. The van der Waals surface area contributed by atoms with Crippen molar-refractivity contribution < 1.29 is 10.2 Å². The van der Waals surface area contributed by atoms with E-state index in [9.17, 15) is 10.2 Å². The normalized spacial score (nSPS) is 12.1. The van der Waals surface area contributed by atoms with Crippen LogP contribution in [0.2, 0.25) is 0 Å². The van der Waals surface area contributed by atoms with Crippen molar-refractivity contribution in [2.75, 3.05) is 0 Å². The van der Waals surface area contributed by atoms with Crippen molar-refractivity contribution in [3.63, 3.8) is 0 Å². The lowest BCUT2D eigenvalue weighted by Crippen LogP contribution is -1.96. The molecule has 0 aliphatic rings. The third-order valence-corrected chi connectivity index (χ3v) is 4.68. The highest BCUT2D eigenvalue weighted by atomic mass is 16.3. The van der Waals surface area contributed by atoms with Crippen molar-refractivity contribution in [1.29, 1.82) is 0 Å².